The van der Waals surface area contributed by atoms with Gasteiger partial charge in [-0.1, -0.05) is 6.07 Å². The predicted molar refractivity (Wildman–Crippen MR) is 72.1 cm³/mol. The van der Waals surface area contributed by atoms with Gasteiger partial charge in [0, 0.05) is 5.69 Å². The molecular weight excluding hydrogens is 305 g/mol. The molecule has 0 saturated carbocycles. The maximum atomic E-state index is 12.6. The van der Waals surface area contributed by atoms with Crippen LogP contribution in [0.2, 0.25) is 0 Å². The zero-order valence-corrected chi connectivity index (χ0v) is 11.5. The van der Waals surface area contributed by atoms with Gasteiger partial charge in [0.1, 0.15) is 0 Å². The number of methoxy groups -OCH3 is 1. The zero-order chi connectivity index (χ0) is 15.0. The highest BCUT2D eigenvalue weighted by molar-refractivity contribution is 7.18. The largest absolute Gasteiger partial charge is 0.472 e. The zero-order valence-electron chi connectivity index (χ0n) is 10.7. The molecule has 3 rings (SSSR count). The van der Waals surface area contributed by atoms with Gasteiger partial charge in [-0.25, -0.2) is 4.52 Å². The van der Waals surface area contributed by atoms with E-state index in [0.29, 0.717) is 21.7 Å². The molecule has 21 heavy (non-hydrogen) atoms. The Morgan fingerprint density at radius 1 is 1.33 bits per heavy atom. The van der Waals surface area contributed by atoms with Crippen LogP contribution in [0.3, 0.4) is 0 Å². The summed E-state index contributed by atoms with van der Waals surface area (Å²) in [5.74, 6) is 0.413. The molecule has 0 saturated heterocycles. The third-order valence-corrected chi connectivity index (χ3v) is 3.55. The molecule has 0 aliphatic rings. The van der Waals surface area contributed by atoms with Crippen LogP contribution in [-0.2, 0) is 6.18 Å². The van der Waals surface area contributed by atoms with Crippen LogP contribution in [0.4, 0.5) is 24.7 Å². The van der Waals surface area contributed by atoms with Crippen LogP contribution in [0.25, 0.3) is 4.96 Å². The van der Waals surface area contributed by atoms with Crippen molar-refractivity contribution in [3.05, 3.63) is 36.0 Å². The van der Waals surface area contributed by atoms with Crippen molar-refractivity contribution in [3.63, 3.8) is 0 Å². The minimum absolute atomic E-state index is 0.308. The third-order valence-electron chi connectivity index (χ3n) is 2.66. The predicted octanol–water partition coefficient (Wildman–Crippen LogP) is 3.56. The summed E-state index contributed by atoms with van der Waals surface area (Å²) in [6.07, 6.45) is -2.80. The number of nitrogens with one attached hydrogen (secondary N) is 1. The highest BCUT2D eigenvalue weighted by atomic mass is 32.1. The van der Waals surface area contributed by atoms with Crippen LogP contribution in [0.15, 0.2) is 30.5 Å². The highest BCUT2D eigenvalue weighted by Gasteiger charge is 2.30. The Morgan fingerprint density at radius 3 is 2.81 bits per heavy atom. The lowest BCUT2D eigenvalue weighted by atomic mass is 10.2. The van der Waals surface area contributed by atoms with E-state index in [2.05, 4.69) is 15.4 Å². The molecule has 0 bridgehead atoms. The molecule has 1 N–H and O–H groups in total. The summed E-state index contributed by atoms with van der Waals surface area (Å²) >= 11 is 1.23. The smallest absolute Gasteiger partial charge is 0.416 e. The van der Waals surface area contributed by atoms with Crippen LogP contribution in [0, 0.1) is 0 Å². The van der Waals surface area contributed by atoms with Gasteiger partial charge in [0.25, 0.3) is 5.19 Å². The molecule has 110 valence electrons. The number of alkyl halides is 3. The maximum Gasteiger partial charge on any atom is 0.416 e. The maximum absolute atomic E-state index is 12.6. The van der Waals surface area contributed by atoms with Crippen molar-refractivity contribution in [2.45, 2.75) is 6.18 Å². The van der Waals surface area contributed by atoms with Crippen LogP contribution < -0.4 is 10.1 Å². The molecule has 1 aromatic carbocycles. The summed E-state index contributed by atoms with van der Waals surface area (Å²) in [7, 11) is 1.50. The number of fused-ring (bicyclic) bond motifs is 1. The molecule has 0 unspecified atom stereocenters. The van der Waals surface area contributed by atoms with Gasteiger partial charge in [-0.15, -0.1) is 5.10 Å². The van der Waals surface area contributed by atoms with Gasteiger partial charge in [-0.3, -0.25) is 0 Å². The molecule has 0 radical (unpaired) electrons. The van der Waals surface area contributed by atoms with E-state index in [1.54, 1.807) is 6.20 Å². The molecule has 0 atom stereocenters. The second-order valence-electron chi connectivity index (χ2n) is 4.13. The van der Waals surface area contributed by atoms with E-state index >= 15 is 0 Å². The fourth-order valence-corrected chi connectivity index (χ4v) is 2.45. The first-order chi connectivity index (χ1) is 9.95. The van der Waals surface area contributed by atoms with Crippen molar-refractivity contribution in [3.8, 4) is 5.19 Å². The SMILES string of the molecule is COc1nn2cc(Nc3cccc(C(F)(F)F)c3)nc2s1. The van der Waals surface area contributed by atoms with Gasteiger partial charge in [0.2, 0.25) is 4.96 Å². The standard InChI is InChI=1S/C12H9F3N4OS/c1-20-11-18-19-6-9(17-10(19)21-11)16-8-4-2-3-7(5-8)12(13,14)15/h2-6,16H,1H3. The quantitative estimate of drug-likeness (QED) is 0.803. The van der Waals surface area contributed by atoms with Crippen LogP contribution in [0.1, 0.15) is 5.56 Å². The summed E-state index contributed by atoms with van der Waals surface area (Å²) in [5.41, 5.74) is -0.407. The molecule has 0 aliphatic heterocycles. The van der Waals surface area contributed by atoms with Crippen molar-refractivity contribution < 1.29 is 17.9 Å². The van der Waals surface area contributed by atoms with Crippen LogP contribution in [-0.4, -0.2) is 21.7 Å². The highest BCUT2D eigenvalue weighted by Crippen LogP contribution is 2.31. The summed E-state index contributed by atoms with van der Waals surface area (Å²) < 4.78 is 44.4. The molecule has 0 aliphatic carbocycles. The molecule has 0 amide bonds. The number of hydrogen-bond donors (Lipinski definition) is 1. The van der Waals surface area contributed by atoms with Crippen molar-refractivity contribution in [1.82, 2.24) is 14.6 Å². The van der Waals surface area contributed by atoms with Crippen molar-refractivity contribution in [2.24, 2.45) is 0 Å². The summed E-state index contributed by atoms with van der Waals surface area (Å²) in [6, 6.07) is 4.92. The van der Waals surface area contributed by atoms with E-state index in [0.717, 1.165) is 12.1 Å². The number of hydrogen-bond acceptors (Lipinski definition) is 5. The fourth-order valence-electron chi connectivity index (χ4n) is 1.75. The summed E-state index contributed by atoms with van der Waals surface area (Å²) in [4.78, 5) is 4.80. The second kappa shape index (κ2) is 4.92. The molecular formula is C12H9F3N4OS. The Balaban J connectivity index is 1.86. The van der Waals surface area contributed by atoms with Crippen molar-refractivity contribution >= 4 is 27.8 Å². The molecule has 2 aromatic heterocycles. The Bertz CT molecular complexity index is 749. The molecule has 0 spiro atoms. The van der Waals surface area contributed by atoms with Gasteiger partial charge in [-0.05, 0) is 29.5 Å². The topological polar surface area (TPSA) is 51.5 Å². The molecule has 2 heterocycles. The molecule has 9 heteroatoms. The van der Waals surface area contributed by atoms with Gasteiger partial charge in [-0.2, -0.15) is 18.2 Å². The number of halogens is 3. The van der Waals surface area contributed by atoms with Gasteiger partial charge in [0.05, 0.1) is 18.9 Å². The molecule has 0 fully saturated rings. The van der Waals surface area contributed by atoms with Crippen molar-refractivity contribution in [1.29, 1.82) is 0 Å². The first kappa shape index (κ1) is 13.7. The monoisotopic (exact) mass is 314 g/mol. The van der Waals surface area contributed by atoms with Crippen molar-refractivity contribution in [2.75, 3.05) is 12.4 Å². The Labute approximate surface area is 121 Å². The van der Waals surface area contributed by atoms with Gasteiger partial charge >= 0.3 is 6.18 Å². The minimum atomic E-state index is -4.37. The van der Waals surface area contributed by atoms with E-state index in [4.69, 9.17) is 4.74 Å². The number of rotatable bonds is 3. The number of nitrogens with zero attached hydrogens (tertiary/aromatic N) is 3. The van der Waals surface area contributed by atoms with E-state index in [-0.39, 0.29) is 0 Å². The Hall–Kier alpha value is -2.29. The first-order valence-electron chi connectivity index (χ1n) is 5.80. The number of imidazole rings is 1. The lowest BCUT2D eigenvalue weighted by molar-refractivity contribution is -0.137. The second-order valence-corrected chi connectivity index (χ2v) is 5.05. The third kappa shape index (κ3) is 2.77. The lowest BCUT2D eigenvalue weighted by Crippen LogP contribution is -2.05. The van der Waals surface area contributed by atoms with Gasteiger partial charge in [0.15, 0.2) is 5.82 Å². The average Bonchev–Trinajstić information content (AvgIpc) is 2.95. The minimum Gasteiger partial charge on any atom is -0.472 e. The molecule has 3 aromatic rings. The first-order valence-corrected chi connectivity index (χ1v) is 6.62. The number of anilines is 2. The fraction of sp³-hybridized carbons (Fsp3) is 0.167. The van der Waals surface area contributed by atoms with E-state index < -0.39 is 11.7 Å². The number of ether oxygens (including phenoxy) is 1. The van der Waals surface area contributed by atoms with Gasteiger partial charge < -0.3 is 10.1 Å². The average molecular weight is 314 g/mol. The Kier molecular flexibility index (Phi) is 3.20. The van der Waals surface area contributed by atoms with E-state index in [9.17, 15) is 13.2 Å². The van der Waals surface area contributed by atoms with Crippen LogP contribution >= 0.6 is 11.3 Å². The van der Waals surface area contributed by atoms with Crippen LogP contribution in [0.5, 0.6) is 5.19 Å². The number of aromatic nitrogens is 3. The normalized spacial score (nSPS) is 11.8. The summed E-state index contributed by atoms with van der Waals surface area (Å²) in [5, 5.41) is 7.37. The van der Waals surface area contributed by atoms with E-state index in [1.807, 2.05) is 0 Å². The van der Waals surface area contributed by atoms with E-state index in [1.165, 1.54) is 35.1 Å². The summed E-state index contributed by atoms with van der Waals surface area (Å²) in [6.45, 7) is 0. The number of benzene rings is 1. The Morgan fingerprint density at radius 2 is 2.14 bits per heavy atom. The molecule has 5 nitrogen and oxygen atoms in total. The lowest BCUT2D eigenvalue weighted by Gasteiger charge is -2.08.